The number of nitrogens with one attached hydrogen (secondary N) is 1. The standard InChI is InChI=1S/C19H22BrN3O4/c1-27-19(26)23-8-6-22(7-9-23)12-16-14(11-21-18(25)17(16)24)10-13-2-4-15(20)5-3-13/h2-5,11,24H,6-10,12H2,1H3,(H,21,25). The van der Waals surface area contributed by atoms with Gasteiger partial charge in [0, 0.05) is 49.0 Å². The quantitative estimate of drug-likeness (QED) is 0.769. The number of ether oxygens (including phenoxy) is 1. The van der Waals surface area contributed by atoms with Crippen molar-refractivity contribution in [3.63, 3.8) is 0 Å². The Bertz CT molecular complexity index is 858. The Labute approximate surface area is 165 Å². The van der Waals surface area contributed by atoms with Crippen molar-refractivity contribution in [2.75, 3.05) is 33.3 Å². The molecule has 1 aromatic heterocycles. The first-order valence-electron chi connectivity index (χ1n) is 8.70. The van der Waals surface area contributed by atoms with Crippen molar-refractivity contribution in [3.05, 3.63) is 62.0 Å². The molecule has 1 aliphatic rings. The highest BCUT2D eigenvalue weighted by molar-refractivity contribution is 9.10. The van der Waals surface area contributed by atoms with Crippen LogP contribution in [0.25, 0.3) is 0 Å². The lowest BCUT2D eigenvalue weighted by molar-refractivity contribution is 0.0885. The second-order valence-electron chi connectivity index (χ2n) is 6.51. The molecule has 1 aromatic carbocycles. The second-order valence-corrected chi connectivity index (χ2v) is 7.42. The largest absolute Gasteiger partial charge is 0.503 e. The van der Waals surface area contributed by atoms with Crippen LogP contribution < -0.4 is 5.56 Å². The lowest BCUT2D eigenvalue weighted by atomic mass is 10.0. The normalized spacial score (nSPS) is 15.0. The minimum atomic E-state index is -0.488. The number of aromatic amines is 1. The van der Waals surface area contributed by atoms with E-state index in [2.05, 4.69) is 25.8 Å². The summed E-state index contributed by atoms with van der Waals surface area (Å²) in [5.41, 5.74) is 2.11. The Morgan fingerprint density at radius 3 is 2.52 bits per heavy atom. The van der Waals surface area contributed by atoms with E-state index in [9.17, 15) is 14.7 Å². The third-order valence-corrected chi connectivity index (χ3v) is 5.29. The lowest BCUT2D eigenvalue weighted by Gasteiger charge is -2.34. The van der Waals surface area contributed by atoms with Crippen molar-refractivity contribution < 1.29 is 14.6 Å². The van der Waals surface area contributed by atoms with Crippen LogP contribution in [0.4, 0.5) is 4.79 Å². The van der Waals surface area contributed by atoms with Gasteiger partial charge in [-0.25, -0.2) is 4.79 Å². The molecule has 1 aliphatic heterocycles. The van der Waals surface area contributed by atoms with E-state index in [-0.39, 0.29) is 11.8 Å². The topological polar surface area (TPSA) is 85.9 Å². The minimum Gasteiger partial charge on any atom is -0.503 e. The summed E-state index contributed by atoms with van der Waals surface area (Å²) < 4.78 is 5.75. The molecule has 0 atom stereocenters. The molecule has 8 heteroatoms. The maximum atomic E-state index is 11.9. The molecule has 7 nitrogen and oxygen atoms in total. The molecular formula is C19H22BrN3O4. The fourth-order valence-corrected chi connectivity index (χ4v) is 3.46. The number of carbonyl (C=O) groups is 1. The van der Waals surface area contributed by atoms with Gasteiger partial charge in [-0.1, -0.05) is 28.1 Å². The third-order valence-electron chi connectivity index (χ3n) is 4.76. The number of hydrogen-bond donors (Lipinski definition) is 2. The molecule has 2 aromatic rings. The van der Waals surface area contributed by atoms with Crippen molar-refractivity contribution in [1.29, 1.82) is 0 Å². The van der Waals surface area contributed by atoms with Gasteiger partial charge < -0.3 is 19.7 Å². The summed E-state index contributed by atoms with van der Waals surface area (Å²) in [5, 5.41) is 10.3. The van der Waals surface area contributed by atoms with E-state index in [1.54, 1.807) is 11.1 Å². The van der Waals surface area contributed by atoms with Crippen LogP contribution in [0.1, 0.15) is 16.7 Å². The second kappa shape index (κ2) is 8.58. The SMILES string of the molecule is COC(=O)N1CCN(Cc2c(Cc3ccc(Br)cc3)c[nH]c(=O)c2O)CC1. The number of aromatic hydroxyl groups is 1. The number of H-pyrrole nitrogens is 1. The molecule has 27 heavy (non-hydrogen) atoms. The van der Waals surface area contributed by atoms with Gasteiger partial charge in [-0.2, -0.15) is 0 Å². The highest BCUT2D eigenvalue weighted by Crippen LogP contribution is 2.23. The molecule has 0 aliphatic carbocycles. The van der Waals surface area contributed by atoms with Gasteiger partial charge in [0.1, 0.15) is 0 Å². The number of rotatable bonds is 4. The summed E-state index contributed by atoms with van der Waals surface area (Å²) in [6, 6.07) is 7.94. The molecule has 0 bridgehead atoms. The van der Waals surface area contributed by atoms with E-state index in [0.29, 0.717) is 44.7 Å². The van der Waals surface area contributed by atoms with Crippen LogP contribution in [0, 0.1) is 0 Å². The van der Waals surface area contributed by atoms with E-state index in [4.69, 9.17) is 4.74 Å². The molecule has 0 spiro atoms. The van der Waals surface area contributed by atoms with Gasteiger partial charge in [0.05, 0.1) is 7.11 Å². The summed E-state index contributed by atoms with van der Waals surface area (Å²) >= 11 is 3.42. The monoisotopic (exact) mass is 435 g/mol. The molecule has 1 fully saturated rings. The molecular weight excluding hydrogens is 414 g/mol. The molecule has 0 unspecified atom stereocenters. The first-order chi connectivity index (χ1) is 13.0. The molecule has 144 valence electrons. The first kappa shape index (κ1) is 19.4. The van der Waals surface area contributed by atoms with E-state index >= 15 is 0 Å². The Kier molecular flexibility index (Phi) is 6.18. The van der Waals surface area contributed by atoms with Gasteiger partial charge in [0.25, 0.3) is 5.56 Å². The van der Waals surface area contributed by atoms with E-state index in [0.717, 1.165) is 15.6 Å². The Hall–Kier alpha value is -2.32. The van der Waals surface area contributed by atoms with Crippen LogP contribution in [0.15, 0.2) is 39.7 Å². The van der Waals surface area contributed by atoms with Gasteiger partial charge >= 0.3 is 6.09 Å². The highest BCUT2D eigenvalue weighted by atomic mass is 79.9. The number of nitrogens with zero attached hydrogens (tertiary/aromatic N) is 2. The lowest BCUT2D eigenvalue weighted by Crippen LogP contribution is -2.48. The zero-order valence-electron chi connectivity index (χ0n) is 15.1. The summed E-state index contributed by atoms with van der Waals surface area (Å²) in [6.45, 7) is 2.87. The van der Waals surface area contributed by atoms with E-state index in [1.165, 1.54) is 7.11 Å². The number of amides is 1. The Balaban J connectivity index is 1.76. The van der Waals surface area contributed by atoms with Gasteiger partial charge in [-0.05, 0) is 29.7 Å². The average molecular weight is 436 g/mol. The molecule has 1 amide bonds. The van der Waals surface area contributed by atoms with Gasteiger partial charge in [0.2, 0.25) is 0 Å². The molecule has 2 N–H and O–H groups in total. The predicted octanol–water partition coefficient (Wildman–Crippen LogP) is 2.32. The first-order valence-corrected chi connectivity index (χ1v) is 9.49. The molecule has 1 saturated heterocycles. The average Bonchev–Trinajstić information content (AvgIpc) is 2.69. The van der Waals surface area contributed by atoms with Crippen molar-refractivity contribution in [1.82, 2.24) is 14.8 Å². The number of carbonyl (C=O) groups excluding carboxylic acids is 1. The fourth-order valence-electron chi connectivity index (χ4n) is 3.19. The van der Waals surface area contributed by atoms with Crippen LogP contribution >= 0.6 is 15.9 Å². The Morgan fingerprint density at radius 1 is 1.22 bits per heavy atom. The van der Waals surface area contributed by atoms with Crippen molar-refractivity contribution in [2.45, 2.75) is 13.0 Å². The molecule has 2 heterocycles. The van der Waals surface area contributed by atoms with E-state index < -0.39 is 5.56 Å². The summed E-state index contributed by atoms with van der Waals surface area (Å²) in [7, 11) is 1.37. The van der Waals surface area contributed by atoms with Crippen LogP contribution in [0.2, 0.25) is 0 Å². The van der Waals surface area contributed by atoms with Gasteiger partial charge in [0.15, 0.2) is 5.75 Å². The van der Waals surface area contributed by atoms with Crippen LogP contribution in [-0.4, -0.2) is 59.3 Å². The maximum Gasteiger partial charge on any atom is 0.409 e. The summed E-state index contributed by atoms with van der Waals surface area (Å²) in [4.78, 5) is 29.9. The highest BCUT2D eigenvalue weighted by Gasteiger charge is 2.23. The molecule has 0 radical (unpaired) electrons. The summed E-state index contributed by atoms with van der Waals surface area (Å²) in [6.07, 6.45) is 1.95. The molecule has 3 rings (SSSR count). The maximum absolute atomic E-state index is 11.9. The van der Waals surface area contributed by atoms with Crippen LogP contribution in [0.3, 0.4) is 0 Å². The predicted molar refractivity (Wildman–Crippen MR) is 105 cm³/mol. The third kappa shape index (κ3) is 4.70. The number of aromatic nitrogens is 1. The Morgan fingerprint density at radius 2 is 1.89 bits per heavy atom. The van der Waals surface area contributed by atoms with E-state index in [1.807, 2.05) is 24.3 Å². The fraction of sp³-hybridized carbons (Fsp3) is 0.368. The van der Waals surface area contributed by atoms with Crippen LogP contribution in [-0.2, 0) is 17.7 Å². The number of pyridine rings is 1. The van der Waals surface area contributed by atoms with Crippen molar-refractivity contribution in [2.24, 2.45) is 0 Å². The van der Waals surface area contributed by atoms with Crippen molar-refractivity contribution in [3.8, 4) is 5.75 Å². The molecule has 0 saturated carbocycles. The van der Waals surface area contributed by atoms with Gasteiger partial charge in [-0.15, -0.1) is 0 Å². The number of hydrogen-bond acceptors (Lipinski definition) is 5. The number of piperazine rings is 1. The number of halogens is 1. The summed E-state index contributed by atoms with van der Waals surface area (Å²) in [5.74, 6) is -0.236. The van der Waals surface area contributed by atoms with Crippen LogP contribution in [0.5, 0.6) is 5.75 Å². The smallest absolute Gasteiger partial charge is 0.409 e. The number of benzene rings is 1. The minimum absolute atomic E-state index is 0.236. The van der Waals surface area contributed by atoms with Crippen molar-refractivity contribution >= 4 is 22.0 Å². The zero-order valence-corrected chi connectivity index (χ0v) is 16.7. The number of methoxy groups -OCH3 is 1. The zero-order chi connectivity index (χ0) is 19.4. The van der Waals surface area contributed by atoms with Gasteiger partial charge in [-0.3, -0.25) is 9.69 Å².